The molecular formula is C17H26N2O2. The first-order valence-electron chi connectivity index (χ1n) is 8.51. The number of nitrogens with zero attached hydrogens (tertiary/aromatic N) is 1. The van der Waals surface area contributed by atoms with Crippen molar-refractivity contribution >= 4 is 11.8 Å². The standard InChI is InChI=1S/C17H26N2O2/c20-16(11-13-5-2-1-3-6-13)19-10-4-7-14(12-19)17(21)18-15-8-9-15/h11,14-15H,1-10,12H2,(H,18,21)/t14-/m1/s1. The summed E-state index contributed by atoms with van der Waals surface area (Å²) >= 11 is 0. The van der Waals surface area contributed by atoms with E-state index in [2.05, 4.69) is 5.32 Å². The Labute approximate surface area is 127 Å². The molecule has 1 atom stereocenters. The molecule has 0 aromatic carbocycles. The van der Waals surface area contributed by atoms with Crippen molar-refractivity contribution in [1.82, 2.24) is 10.2 Å². The first-order chi connectivity index (χ1) is 10.2. The van der Waals surface area contributed by atoms with Gasteiger partial charge >= 0.3 is 0 Å². The van der Waals surface area contributed by atoms with E-state index in [1.54, 1.807) is 0 Å². The van der Waals surface area contributed by atoms with Gasteiger partial charge in [-0.15, -0.1) is 0 Å². The molecule has 1 aliphatic heterocycles. The van der Waals surface area contributed by atoms with E-state index in [1.165, 1.54) is 24.8 Å². The molecule has 0 aromatic heterocycles. The van der Waals surface area contributed by atoms with E-state index in [-0.39, 0.29) is 17.7 Å². The van der Waals surface area contributed by atoms with Crippen LogP contribution in [0.25, 0.3) is 0 Å². The quantitative estimate of drug-likeness (QED) is 0.811. The molecule has 3 fully saturated rings. The number of rotatable bonds is 3. The van der Waals surface area contributed by atoms with Crippen molar-refractivity contribution in [3.8, 4) is 0 Å². The molecule has 1 saturated heterocycles. The highest BCUT2D eigenvalue weighted by molar-refractivity contribution is 5.89. The van der Waals surface area contributed by atoms with Gasteiger partial charge in [-0.2, -0.15) is 0 Å². The lowest BCUT2D eigenvalue weighted by atomic mass is 9.93. The molecule has 116 valence electrons. The molecule has 0 unspecified atom stereocenters. The number of hydrogen-bond acceptors (Lipinski definition) is 2. The fourth-order valence-corrected chi connectivity index (χ4v) is 3.35. The summed E-state index contributed by atoms with van der Waals surface area (Å²) in [6, 6.07) is 0.410. The van der Waals surface area contributed by atoms with Crippen LogP contribution in [0.5, 0.6) is 0 Å². The van der Waals surface area contributed by atoms with Gasteiger partial charge in [0.1, 0.15) is 0 Å². The molecule has 0 bridgehead atoms. The van der Waals surface area contributed by atoms with Gasteiger partial charge in [0.15, 0.2) is 0 Å². The van der Waals surface area contributed by atoms with Crippen LogP contribution in [0.3, 0.4) is 0 Å². The number of hydrogen-bond donors (Lipinski definition) is 1. The van der Waals surface area contributed by atoms with E-state index in [4.69, 9.17) is 0 Å². The zero-order chi connectivity index (χ0) is 14.7. The van der Waals surface area contributed by atoms with Crippen molar-refractivity contribution in [2.75, 3.05) is 13.1 Å². The Morgan fingerprint density at radius 1 is 1.05 bits per heavy atom. The van der Waals surface area contributed by atoms with Crippen LogP contribution in [0.1, 0.15) is 57.8 Å². The van der Waals surface area contributed by atoms with Gasteiger partial charge in [-0.25, -0.2) is 0 Å². The highest BCUT2D eigenvalue weighted by Crippen LogP contribution is 2.25. The number of carbonyl (C=O) groups is 2. The first kappa shape index (κ1) is 14.6. The van der Waals surface area contributed by atoms with Crippen LogP contribution in [-0.4, -0.2) is 35.8 Å². The third-order valence-electron chi connectivity index (χ3n) is 4.85. The number of piperidine rings is 1. The molecule has 1 heterocycles. The average Bonchev–Trinajstić information content (AvgIpc) is 3.32. The predicted octanol–water partition coefficient (Wildman–Crippen LogP) is 2.39. The summed E-state index contributed by atoms with van der Waals surface area (Å²) in [5.74, 6) is 0.268. The second-order valence-corrected chi connectivity index (χ2v) is 6.77. The van der Waals surface area contributed by atoms with Crippen molar-refractivity contribution in [1.29, 1.82) is 0 Å². The maximum absolute atomic E-state index is 12.4. The van der Waals surface area contributed by atoms with Crippen LogP contribution in [0.2, 0.25) is 0 Å². The summed E-state index contributed by atoms with van der Waals surface area (Å²) < 4.78 is 0. The molecule has 2 aliphatic carbocycles. The van der Waals surface area contributed by atoms with E-state index in [9.17, 15) is 9.59 Å². The van der Waals surface area contributed by atoms with E-state index in [0.29, 0.717) is 12.6 Å². The van der Waals surface area contributed by atoms with Crippen molar-refractivity contribution in [3.63, 3.8) is 0 Å². The third-order valence-corrected chi connectivity index (χ3v) is 4.85. The fourth-order valence-electron chi connectivity index (χ4n) is 3.35. The normalized spacial score (nSPS) is 26.4. The number of amides is 2. The Morgan fingerprint density at radius 2 is 1.81 bits per heavy atom. The molecule has 4 heteroatoms. The van der Waals surface area contributed by atoms with Gasteiger partial charge in [0.25, 0.3) is 0 Å². The van der Waals surface area contributed by atoms with Crippen LogP contribution in [0.15, 0.2) is 11.6 Å². The second-order valence-electron chi connectivity index (χ2n) is 6.77. The van der Waals surface area contributed by atoms with Gasteiger partial charge in [0.05, 0.1) is 5.92 Å². The zero-order valence-corrected chi connectivity index (χ0v) is 12.8. The maximum Gasteiger partial charge on any atom is 0.246 e. The molecule has 3 aliphatic rings. The molecule has 1 N–H and O–H groups in total. The lowest BCUT2D eigenvalue weighted by Gasteiger charge is -2.31. The molecule has 2 amide bonds. The number of likely N-dealkylation sites (tertiary alicyclic amines) is 1. The summed E-state index contributed by atoms with van der Waals surface area (Å²) in [5, 5.41) is 3.07. The van der Waals surface area contributed by atoms with E-state index < -0.39 is 0 Å². The molecule has 0 radical (unpaired) electrons. The Bertz CT molecular complexity index is 432. The van der Waals surface area contributed by atoms with Crippen molar-refractivity contribution < 1.29 is 9.59 Å². The van der Waals surface area contributed by atoms with Crippen LogP contribution >= 0.6 is 0 Å². The van der Waals surface area contributed by atoms with Gasteiger partial charge in [0.2, 0.25) is 11.8 Å². The second kappa shape index (κ2) is 6.63. The van der Waals surface area contributed by atoms with E-state index in [0.717, 1.165) is 45.1 Å². The summed E-state index contributed by atoms with van der Waals surface area (Å²) in [6.45, 7) is 1.40. The molecule has 21 heavy (non-hydrogen) atoms. The summed E-state index contributed by atoms with van der Waals surface area (Å²) in [6.07, 6.45) is 11.8. The highest BCUT2D eigenvalue weighted by atomic mass is 16.2. The Hall–Kier alpha value is -1.32. The van der Waals surface area contributed by atoms with Gasteiger partial charge < -0.3 is 10.2 Å². The Kier molecular flexibility index (Phi) is 4.61. The lowest BCUT2D eigenvalue weighted by molar-refractivity contribution is -0.132. The largest absolute Gasteiger partial charge is 0.353 e. The lowest BCUT2D eigenvalue weighted by Crippen LogP contribution is -2.45. The minimum Gasteiger partial charge on any atom is -0.353 e. The fraction of sp³-hybridized carbons (Fsp3) is 0.765. The minimum atomic E-state index is -0.00643. The first-order valence-corrected chi connectivity index (χ1v) is 8.51. The zero-order valence-electron chi connectivity index (χ0n) is 12.8. The SMILES string of the molecule is O=C(NC1CC1)[C@@H]1CCCN(C(=O)C=C2CCCCC2)C1. The average molecular weight is 290 g/mol. The minimum absolute atomic E-state index is 0.00643. The number of nitrogens with one attached hydrogen (secondary N) is 1. The Morgan fingerprint density at radius 3 is 2.52 bits per heavy atom. The van der Waals surface area contributed by atoms with Crippen molar-refractivity contribution in [2.24, 2.45) is 5.92 Å². The van der Waals surface area contributed by atoms with Crippen LogP contribution < -0.4 is 5.32 Å². The van der Waals surface area contributed by atoms with Crippen LogP contribution in [-0.2, 0) is 9.59 Å². The topological polar surface area (TPSA) is 49.4 Å². The number of allylic oxidation sites excluding steroid dienone is 1. The molecule has 2 saturated carbocycles. The van der Waals surface area contributed by atoms with Crippen LogP contribution in [0.4, 0.5) is 0 Å². The molecule has 0 spiro atoms. The highest BCUT2D eigenvalue weighted by Gasteiger charge is 2.31. The molecule has 4 nitrogen and oxygen atoms in total. The molecular weight excluding hydrogens is 264 g/mol. The summed E-state index contributed by atoms with van der Waals surface area (Å²) in [7, 11) is 0. The number of carbonyl (C=O) groups excluding carboxylic acids is 2. The van der Waals surface area contributed by atoms with Gasteiger partial charge in [-0.3, -0.25) is 9.59 Å². The smallest absolute Gasteiger partial charge is 0.246 e. The van der Waals surface area contributed by atoms with Gasteiger partial charge in [-0.05, 0) is 51.4 Å². The van der Waals surface area contributed by atoms with Crippen LogP contribution in [0, 0.1) is 5.92 Å². The predicted molar refractivity (Wildman–Crippen MR) is 81.6 cm³/mol. The van der Waals surface area contributed by atoms with Gasteiger partial charge in [-0.1, -0.05) is 12.0 Å². The van der Waals surface area contributed by atoms with E-state index in [1.807, 2.05) is 11.0 Å². The maximum atomic E-state index is 12.4. The van der Waals surface area contributed by atoms with Gasteiger partial charge in [0, 0.05) is 25.2 Å². The van der Waals surface area contributed by atoms with Crippen molar-refractivity contribution in [2.45, 2.75) is 63.8 Å². The third kappa shape index (κ3) is 4.08. The molecule has 0 aromatic rings. The van der Waals surface area contributed by atoms with E-state index >= 15 is 0 Å². The monoisotopic (exact) mass is 290 g/mol. The summed E-state index contributed by atoms with van der Waals surface area (Å²) in [4.78, 5) is 26.4. The summed E-state index contributed by atoms with van der Waals surface area (Å²) in [5.41, 5.74) is 1.30. The van der Waals surface area contributed by atoms with Crippen molar-refractivity contribution in [3.05, 3.63) is 11.6 Å². The Balaban J connectivity index is 1.54. The molecule has 3 rings (SSSR count).